The van der Waals surface area contributed by atoms with E-state index in [-0.39, 0.29) is 0 Å². The van der Waals surface area contributed by atoms with Crippen LogP contribution < -0.4 is 25.5 Å². The van der Waals surface area contributed by atoms with Crippen LogP contribution in [0.1, 0.15) is 22.5 Å². The van der Waals surface area contributed by atoms with Crippen molar-refractivity contribution in [3.05, 3.63) is 247 Å². The molecule has 14 rings (SSSR count). The van der Waals surface area contributed by atoms with Crippen molar-refractivity contribution in [2.24, 2.45) is 0 Å². The normalized spacial score (nSPS) is 12.8. The molecule has 0 saturated heterocycles. The van der Waals surface area contributed by atoms with Crippen LogP contribution in [0.2, 0.25) is 0 Å². The van der Waals surface area contributed by atoms with E-state index in [1.807, 2.05) is 6.07 Å². The molecule has 314 valence electrons. The highest BCUT2D eigenvalue weighted by Gasteiger charge is 2.44. The molecule has 2 aliphatic rings. The summed E-state index contributed by atoms with van der Waals surface area (Å²) in [4.78, 5) is 9.87. The predicted molar refractivity (Wildman–Crippen MR) is 271 cm³/mol. The summed E-state index contributed by atoms with van der Waals surface area (Å²) in [6, 6.07) is 80.6. The molecule has 0 amide bonds. The molecule has 0 atom stereocenters. The number of benzene rings is 9. The third kappa shape index (κ3) is 5.94. The Morgan fingerprint density at radius 2 is 1.00 bits per heavy atom. The maximum atomic E-state index is 7.07. The van der Waals surface area contributed by atoms with E-state index in [4.69, 9.17) is 9.72 Å². The summed E-state index contributed by atoms with van der Waals surface area (Å²) in [7, 11) is -3.00. The van der Waals surface area contributed by atoms with Crippen LogP contribution in [0.5, 0.6) is 11.5 Å². The molecular formula is C59H43N5OSi. The molecular weight excluding hydrogens is 823 g/mol. The second-order valence-corrected chi connectivity index (χ2v) is 21.0. The number of hydrogen-bond donors (Lipinski definition) is 0. The Labute approximate surface area is 383 Å². The molecule has 0 bridgehead atoms. The van der Waals surface area contributed by atoms with Crippen molar-refractivity contribution >= 4 is 67.7 Å². The van der Waals surface area contributed by atoms with Crippen molar-refractivity contribution in [3.8, 4) is 22.9 Å². The molecule has 9 aromatic carbocycles. The maximum absolute atomic E-state index is 7.07. The summed E-state index contributed by atoms with van der Waals surface area (Å²) in [5.41, 5.74) is 12.9. The quantitative estimate of drug-likeness (QED) is 0.128. The third-order valence-electron chi connectivity index (χ3n) is 13.6. The summed E-state index contributed by atoms with van der Waals surface area (Å²) < 4.78 is 14.0. The van der Waals surface area contributed by atoms with Crippen LogP contribution in [0.4, 0.5) is 0 Å². The van der Waals surface area contributed by atoms with Gasteiger partial charge >= 0.3 is 0 Å². The van der Waals surface area contributed by atoms with Crippen LogP contribution in [0, 0.1) is 0 Å². The first-order chi connectivity index (χ1) is 32.7. The first-order valence-electron chi connectivity index (χ1n) is 22.8. The number of imidazole rings is 3. The topological polar surface area (TPSA) is 49.3 Å². The minimum absolute atomic E-state index is 0.907. The van der Waals surface area contributed by atoms with Crippen molar-refractivity contribution in [2.75, 3.05) is 0 Å². The van der Waals surface area contributed by atoms with Crippen LogP contribution >= 0.6 is 0 Å². The van der Waals surface area contributed by atoms with Crippen LogP contribution in [0.3, 0.4) is 0 Å². The van der Waals surface area contributed by atoms with Gasteiger partial charge < -0.3 is 4.74 Å². The van der Waals surface area contributed by atoms with Gasteiger partial charge in [-0.15, -0.1) is 0 Å². The van der Waals surface area contributed by atoms with Gasteiger partial charge in [-0.2, -0.15) is 0 Å². The van der Waals surface area contributed by atoms with Crippen molar-refractivity contribution in [3.63, 3.8) is 0 Å². The Morgan fingerprint density at radius 3 is 1.79 bits per heavy atom. The number of hydrogen-bond acceptors (Lipinski definition) is 3. The Kier molecular flexibility index (Phi) is 8.96. The fraction of sp³-hybridized carbons (Fsp3) is 0.0508. The van der Waals surface area contributed by atoms with Gasteiger partial charge in [0.1, 0.15) is 17.3 Å². The molecule has 0 fully saturated rings. The van der Waals surface area contributed by atoms with Gasteiger partial charge in [0.25, 0.3) is 0 Å². The highest BCUT2D eigenvalue weighted by atomic mass is 28.3. The van der Waals surface area contributed by atoms with Crippen molar-refractivity contribution in [1.82, 2.24) is 23.5 Å². The van der Waals surface area contributed by atoms with E-state index in [1.54, 1.807) is 0 Å². The molecule has 3 aromatic heterocycles. The highest BCUT2D eigenvalue weighted by molar-refractivity contribution is 7.20. The first-order valence-corrected chi connectivity index (χ1v) is 24.8. The maximum Gasteiger partial charge on any atom is 0.220 e. The molecule has 0 N–H and O–H groups in total. The van der Waals surface area contributed by atoms with Gasteiger partial charge in [-0.05, 0) is 111 Å². The van der Waals surface area contributed by atoms with Crippen molar-refractivity contribution < 1.29 is 4.74 Å². The average molecular weight is 866 g/mol. The molecule has 0 spiro atoms. The van der Waals surface area contributed by atoms with E-state index in [2.05, 4.69) is 237 Å². The second kappa shape index (κ2) is 15.5. The third-order valence-corrected chi connectivity index (χ3v) is 18.4. The summed E-state index contributed by atoms with van der Waals surface area (Å²) in [6.07, 6.45) is 2.82. The lowest BCUT2D eigenvalue weighted by molar-refractivity contribution is 0.483. The van der Waals surface area contributed by atoms with Crippen molar-refractivity contribution in [2.45, 2.75) is 19.3 Å². The van der Waals surface area contributed by atoms with E-state index in [0.29, 0.717) is 0 Å². The van der Waals surface area contributed by atoms with Crippen LogP contribution in [-0.4, -0.2) is 31.6 Å². The van der Waals surface area contributed by atoms with E-state index in [9.17, 15) is 0 Å². The first kappa shape index (κ1) is 38.2. The lowest BCUT2D eigenvalue weighted by Crippen LogP contribution is -2.75. The molecule has 0 radical (unpaired) electrons. The Hall–Kier alpha value is -8.26. The van der Waals surface area contributed by atoms with Gasteiger partial charge in [-0.1, -0.05) is 164 Å². The Bertz CT molecular complexity index is 3750. The van der Waals surface area contributed by atoms with Crippen LogP contribution in [-0.2, 0) is 19.3 Å². The predicted octanol–water partition coefficient (Wildman–Crippen LogP) is 10.6. The smallest absolute Gasteiger partial charge is 0.220 e. The second-order valence-electron chi connectivity index (χ2n) is 17.3. The zero-order chi connectivity index (χ0) is 43.6. The monoisotopic (exact) mass is 865 g/mol. The molecule has 0 saturated carbocycles. The highest BCUT2D eigenvalue weighted by Crippen LogP contribution is 2.35. The summed E-state index contributed by atoms with van der Waals surface area (Å²) in [6.45, 7) is 0. The number of aryl methyl sites for hydroxylation is 2. The van der Waals surface area contributed by atoms with E-state index >= 15 is 0 Å². The number of ether oxygens (including phenoxy) is 1. The van der Waals surface area contributed by atoms with E-state index < -0.39 is 8.07 Å². The van der Waals surface area contributed by atoms with Gasteiger partial charge in [-0.25, -0.2) is 9.97 Å². The zero-order valence-electron chi connectivity index (χ0n) is 36.1. The summed E-state index contributed by atoms with van der Waals surface area (Å²) >= 11 is 0. The molecule has 0 aliphatic carbocycles. The van der Waals surface area contributed by atoms with Gasteiger partial charge in [0.05, 0.1) is 38.8 Å². The van der Waals surface area contributed by atoms with Crippen LogP contribution in [0.25, 0.3) is 50.3 Å². The molecule has 2 aliphatic heterocycles. The minimum atomic E-state index is -3.00. The lowest BCUT2D eigenvalue weighted by atomic mass is 10.0. The standard InChI is InChI=1S/C45H33N3OSi.C14H10N2/c1-3-18-35(19-4-1)50(36-20-5-2-6-21-36,43-28-13-16-33-30-29-32-15-7-12-27-42(32)49-44(33)43)37-22-14-17-34(31-37)47-40-25-10-11-26-41(40)48-39-24-9-8-23-38(39)46-45(47)48;1-3-7-12-10(5-1)9-14-15-11-6-2-4-8-13(11)16(12)14/h1-28,31H,29-30H2;1-8H,9H2. The van der Waals surface area contributed by atoms with Gasteiger partial charge in [0.15, 0.2) is 8.07 Å². The average Bonchev–Trinajstić information content (AvgIpc) is 4.09. The zero-order valence-corrected chi connectivity index (χ0v) is 37.1. The van der Waals surface area contributed by atoms with E-state index in [0.717, 1.165) is 75.6 Å². The fourth-order valence-electron chi connectivity index (χ4n) is 10.7. The fourth-order valence-corrected chi connectivity index (χ4v) is 15.7. The van der Waals surface area contributed by atoms with Gasteiger partial charge in [-0.3, -0.25) is 13.5 Å². The lowest BCUT2D eigenvalue weighted by Gasteiger charge is -2.36. The number of nitrogens with zero attached hydrogens (tertiary/aromatic N) is 5. The molecule has 0 unspecified atom stereocenters. The molecule has 6 nitrogen and oxygen atoms in total. The molecule has 7 heteroatoms. The summed E-state index contributed by atoms with van der Waals surface area (Å²) in [5, 5.41) is 5.17. The molecule has 5 heterocycles. The van der Waals surface area contributed by atoms with Gasteiger partial charge in [0.2, 0.25) is 5.78 Å². The van der Waals surface area contributed by atoms with Crippen LogP contribution in [0.15, 0.2) is 224 Å². The number of rotatable bonds is 5. The summed E-state index contributed by atoms with van der Waals surface area (Å²) in [5.74, 6) is 4.01. The molecule has 12 aromatic rings. The van der Waals surface area contributed by atoms with E-state index in [1.165, 1.54) is 48.6 Å². The molecule has 66 heavy (non-hydrogen) atoms. The number of fused-ring (bicyclic) bond motifs is 12. The SMILES string of the molecule is c1ccc([Si](c2ccccc2)(c2cccc(-n3c4ccccc4n4c5ccccc5nc34)c2)c2cccc3c2Oc2ccccc2CC3)cc1.c1ccc2c(c1)Cc1nc3ccccc3n1-2. The number of aromatic nitrogens is 5. The minimum Gasteiger partial charge on any atom is -0.457 e. The largest absolute Gasteiger partial charge is 0.457 e. The van der Waals surface area contributed by atoms with Crippen molar-refractivity contribution in [1.29, 1.82) is 0 Å². The van der Waals surface area contributed by atoms with Gasteiger partial charge in [0, 0.05) is 12.1 Å². The Balaban J connectivity index is 0.000000227. The number of para-hydroxylation sites is 9. The Morgan fingerprint density at radius 1 is 0.424 bits per heavy atom.